The molecule has 6 nitrogen and oxygen atoms in total. The van der Waals surface area contributed by atoms with Crippen LogP contribution in [0.2, 0.25) is 0 Å². The van der Waals surface area contributed by atoms with Crippen LogP contribution in [0.1, 0.15) is 59.3 Å². The molecule has 0 amide bonds. The minimum absolute atomic E-state index is 0.345. The minimum Gasteiger partial charge on any atom is -0.313 e. The summed E-state index contributed by atoms with van der Waals surface area (Å²) >= 11 is 1.63. The lowest BCUT2D eigenvalue weighted by Crippen LogP contribution is -2.29. The summed E-state index contributed by atoms with van der Waals surface area (Å²) in [4.78, 5) is 31.1. The molecule has 0 radical (unpaired) electrons. The lowest BCUT2D eigenvalue weighted by molar-refractivity contribution is 0.544. The maximum Gasteiger partial charge on any atom is 0.329 e. The van der Waals surface area contributed by atoms with Gasteiger partial charge in [-0.15, -0.1) is 0 Å². The molecule has 0 saturated carbocycles. The molecule has 0 aliphatic rings. The molecule has 0 bridgehead atoms. The van der Waals surface area contributed by atoms with E-state index < -0.39 is 5.69 Å². The van der Waals surface area contributed by atoms with E-state index in [1.165, 1.54) is 30.3 Å². The fourth-order valence-electron chi connectivity index (χ4n) is 2.77. The molecule has 0 fully saturated rings. The summed E-state index contributed by atoms with van der Waals surface area (Å²) in [6, 6.07) is 0. The first kappa shape index (κ1) is 18.8. The van der Waals surface area contributed by atoms with Crippen LogP contribution in [0.5, 0.6) is 0 Å². The Morgan fingerprint density at radius 3 is 2.46 bits per heavy atom. The molecule has 134 valence electrons. The SMILES string of the molecule is CCCCCCCCn1c(SC(C)C)nc2c1c(=O)[nH]c(=O)n2C. The van der Waals surface area contributed by atoms with Crippen LogP contribution in [-0.2, 0) is 13.6 Å². The van der Waals surface area contributed by atoms with Crippen LogP contribution in [0, 0.1) is 0 Å². The van der Waals surface area contributed by atoms with Crippen molar-refractivity contribution >= 4 is 22.9 Å². The van der Waals surface area contributed by atoms with Gasteiger partial charge in [-0.1, -0.05) is 64.6 Å². The molecule has 2 aromatic rings. The second-order valence-corrected chi connectivity index (χ2v) is 8.01. The zero-order chi connectivity index (χ0) is 17.7. The Bertz CT molecular complexity index is 788. The highest BCUT2D eigenvalue weighted by Crippen LogP contribution is 2.25. The fourth-order valence-corrected chi connectivity index (χ4v) is 3.64. The van der Waals surface area contributed by atoms with E-state index in [1.54, 1.807) is 18.8 Å². The number of nitrogens with zero attached hydrogens (tertiary/aromatic N) is 3. The molecule has 2 aromatic heterocycles. The van der Waals surface area contributed by atoms with Crippen LogP contribution in [0.4, 0.5) is 0 Å². The second kappa shape index (κ2) is 8.55. The van der Waals surface area contributed by atoms with Crippen LogP contribution < -0.4 is 11.2 Å². The predicted molar refractivity (Wildman–Crippen MR) is 100.0 cm³/mol. The summed E-state index contributed by atoms with van der Waals surface area (Å²) in [5, 5.41) is 1.18. The average molecular weight is 353 g/mol. The molecule has 7 heteroatoms. The Morgan fingerprint density at radius 2 is 1.79 bits per heavy atom. The third-order valence-electron chi connectivity index (χ3n) is 4.05. The van der Waals surface area contributed by atoms with Gasteiger partial charge in [-0.3, -0.25) is 14.3 Å². The Labute approximate surface area is 146 Å². The van der Waals surface area contributed by atoms with Crippen LogP contribution in [0.25, 0.3) is 11.2 Å². The zero-order valence-corrected chi connectivity index (χ0v) is 15.9. The van der Waals surface area contributed by atoms with Crippen molar-refractivity contribution in [2.24, 2.45) is 7.05 Å². The van der Waals surface area contributed by atoms with E-state index in [2.05, 4.69) is 30.7 Å². The molecule has 0 aliphatic heterocycles. The molecule has 0 atom stereocenters. The van der Waals surface area contributed by atoms with Crippen molar-refractivity contribution in [3.63, 3.8) is 0 Å². The number of nitrogens with one attached hydrogen (secondary N) is 1. The number of thioether (sulfide) groups is 1. The van der Waals surface area contributed by atoms with Gasteiger partial charge in [0.05, 0.1) is 0 Å². The van der Waals surface area contributed by atoms with E-state index in [9.17, 15) is 9.59 Å². The number of aryl methyl sites for hydroxylation is 2. The van der Waals surface area contributed by atoms with E-state index in [-0.39, 0.29) is 5.56 Å². The van der Waals surface area contributed by atoms with Crippen LogP contribution >= 0.6 is 11.8 Å². The number of hydrogen-bond donors (Lipinski definition) is 1. The number of H-pyrrole nitrogens is 1. The number of aromatic amines is 1. The van der Waals surface area contributed by atoms with Crippen LogP contribution in [-0.4, -0.2) is 24.4 Å². The number of unbranched alkanes of at least 4 members (excludes halogenated alkanes) is 5. The zero-order valence-electron chi connectivity index (χ0n) is 15.1. The first-order chi connectivity index (χ1) is 11.5. The molecule has 0 saturated heterocycles. The second-order valence-electron chi connectivity index (χ2n) is 6.47. The quantitative estimate of drug-likeness (QED) is 0.555. The molecule has 0 aliphatic carbocycles. The van der Waals surface area contributed by atoms with E-state index in [0.717, 1.165) is 24.5 Å². The number of fused-ring (bicyclic) bond motifs is 1. The van der Waals surface area contributed by atoms with E-state index in [4.69, 9.17) is 0 Å². The summed E-state index contributed by atoms with van der Waals surface area (Å²) in [5.74, 6) is 0. The molecular formula is C17H28N4O2S. The van der Waals surface area contributed by atoms with Gasteiger partial charge < -0.3 is 4.57 Å². The summed E-state index contributed by atoms with van der Waals surface area (Å²) in [6.07, 6.45) is 7.18. The number of rotatable bonds is 9. The molecule has 2 heterocycles. The molecular weight excluding hydrogens is 324 g/mol. The number of aromatic nitrogens is 4. The third kappa shape index (κ3) is 4.32. The standard InChI is InChI=1S/C17H28N4O2S/c1-5-6-7-8-9-10-11-21-13-14(18-17(21)24-12(2)3)20(4)16(23)19-15(13)22/h12H,5-11H2,1-4H3,(H,19,22,23). The van der Waals surface area contributed by atoms with Gasteiger partial charge in [0.25, 0.3) is 5.56 Å². The van der Waals surface area contributed by atoms with Gasteiger partial charge in [0, 0.05) is 18.8 Å². The van der Waals surface area contributed by atoms with Crippen molar-refractivity contribution in [3.8, 4) is 0 Å². The monoisotopic (exact) mass is 352 g/mol. The van der Waals surface area contributed by atoms with Crippen molar-refractivity contribution in [2.75, 3.05) is 0 Å². The fraction of sp³-hybridized carbons (Fsp3) is 0.706. The smallest absolute Gasteiger partial charge is 0.313 e. The van der Waals surface area contributed by atoms with Gasteiger partial charge in [-0.2, -0.15) is 0 Å². The highest BCUT2D eigenvalue weighted by atomic mass is 32.2. The topological polar surface area (TPSA) is 72.7 Å². The molecule has 24 heavy (non-hydrogen) atoms. The van der Waals surface area contributed by atoms with Gasteiger partial charge in [0.1, 0.15) is 0 Å². The van der Waals surface area contributed by atoms with Gasteiger partial charge >= 0.3 is 5.69 Å². The normalized spacial score (nSPS) is 11.7. The van der Waals surface area contributed by atoms with E-state index in [1.807, 2.05) is 4.57 Å². The first-order valence-corrected chi connectivity index (χ1v) is 9.69. The molecule has 1 N–H and O–H groups in total. The van der Waals surface area contributed by atoms with Crippen LogP contribution in [0.15, 0.2) is 14.7 Å². The Kier molecular flexibility index (Phi) is 6.71. The van der Waals surface area contributed by atoms with Crippen molar-refractivity contribution < 1.29 is 0 Å². The highest BCUT2D eigenvalue weighted by molar-refractivity contribution is 7.99. The largest absolute Gasteiger partial charge is 0.329 e. The number of imidazole rings is 1. The van der Waals surface area contributed by atoms with Gasteiger partial charge in [-0.25, -0.2) is 9.78 Å². The molecule has 0 aromatic carbocycles. The van der Waals surface area contributed by atoms with Gasteiger partial charge in [-0.05, 0) is 6.42 Å². The minimum atomic E-state index is -0.419. The lowest BCUT2D eigenvalue weighted by atomic mass is 10.1. The molecule has 0 unspecified atom stereocenters. The Balaban J connectivity index is 2.29. The van der Waals surface area contributed by atoms with Crippen molar-refractivity contribution in [1.82, 2.24) is 19.1 Å². The highest BCUT2D eigenvalue weighted by Gasteiger charge is 2.18. The van der Waals surface area contributed by atoms with Crippen molar-refractivity contribution in [2.45, 2.75) is 76.2 Å². The molecule has 2 rings (SSSR count). The lowest BCUT2D eigenvalue weighted by Gasteiger charge is -2.09. The number of hydrogen-bond acceptors (Lipinski definition) is 4. The van der Waals surface area contributed by atoms with Crippen LogP contribution in [0.3, 0.4) is 0 Å². The maximum absolute atomic E-state index is 12.3. The Morgan fingerprint density at radius 1 is 1.12 bits per heavy atom. The summed E-state index contributed by atoms with van der Waals surface area (Å²) in [5.41, 5.74) is 0.215. The van der Waals surface area contributed by atoms with Gasteiger partial charge in [0.2, 0.25) is 0 Å². The van der Waals surface area contributed by atoms with Gasteiger partial charge in [0.15, 0.2) is 16.3 Å². The van der Waals surface area contributed by atoms with Crippen molar-refractivity contribution in [3.05, 3.63) is 20.8 Å². The average Bonchev–Trinajstić information content (AvgIpc) is 2.87. The Hall–Kier alpha value is -1.50. The third-order valence-corrected chi connectivity index (χ3v) is 5.04. The first-order valence-electron chi connectivity index (χ1n) is 8.81. The summed E-state index contributed by atoms with van der Waals surface area (Å²) in [7, 11) is 1.65. The van der Waals surface area contributed by atoms with Crippen molar-refractivity contribution in [1.29, 1.82) is 0 Å². The van der Waals surface area contributed by atoms with E-state index in [0.29, 0.717) is 16.4 Å². The maximum atomic E-state index is 12.3. The predicted octanol–water partition coefficient (Wildman–Crippen LogP) is 3.28. The summed E-state index contributed by atoms with van der Waals surface area (Å²) < 4.78 is 3.40. The molecule has 0 spiro atoms. The summed E-state index contributed by atoms with van der Waals surface area (Å²) in [6.45, 7) is 7.17. The van der Waals surface area contributed by atoms with E-state index >= 15 is 0 Å².